The zero-order valence-corrected chi connectivity index (χ0v) is 33.2. The van der Waals surface area contributed by atoms with Crippen LogP contribution >= 0.6 is 0 Å². The van der Waals surface area contributed by atoms with Crippen LogP contribution in [0.15, 0.2) is 170 Å². The summed E-state index contributed by atoms with van der Waals surface area (Å²) < 4.78 is 92.9. The Hall–Kier alpha value is -8.60. The Morgan fingerprint density at radius 1 is 0.438 bits per heavy atom. The van der Waals surface area contributed by atoms with E-state index in [1.54, 1.807) is 58.3 Å². The average molecular weight is 847 g/mol. The van der Waals surface area contributed by atoms with Crippen molar-refractivity contribution in [3.05, 3.63) is 222 Å². The maximum atomic E-state index is 16.4. The summed E-state index contributed by atoms with van der Waals surface area (Å²) in [4.78, 5) is 6.77. The molecule has 0 aromatic heterocycles. The van der Waals surface area contributed by atoms with Crippen molar-refractivity contribution in [1.29, 1.82) is 5.26 Å². The highest BCUT2D eigenvalue weighted by atomic mass is 19.2. The van der Waals surface area contributed by atoms with Gasteiger partial charge in [-0.05, 0) is 118 Å². The minimum atomic E-state index is -0.895. The fraction of sp³-hybridized carbons (Fsp3) is 0. The Morgan fingerprint density at radius 2 is 0.875 bits per heavy atom. The fourth-order valence-corrected chi connectivity index (χ4v) is 8.51. The molecule has 10 aromatic carbocycles. The van der Waals surface area contributed by atoms with Gasteiger partial charge in [0.2, 0.25) is 0 Å². The van der Waals surface area contributed by atoms with Crippen LogP contribution in [0.2, 0.25) is 0 Å². The molecule has 0 saturated heterocycles. The summed E-state index contributed by atoms with van der Waals surface area (Å²) in [5, 5.41) is 14.1. The van der Waals surface area contributed by atoms with Crippen LogP contribution in [-0.4, -0.2) is 0 Å². The van der Waals surface area contributed by atoms with Gasteiger partial charge in [-0.2, -0.15) is 5.26 Å². The molecule has 306 valence electrons. The van der Waals surface area contributed by atoms with Gasteiger partial charge in [0.1, 0.15) is 34.9 Å². The van der Waals surface area contributed by atoms with Crippen molar-refractivity contribution in [2.75, 3.05) is 9.80 Å². The SMILES string of the molecule is [C-]#[N+]c1ccc(N(c2cc(-c3cccc(F)c3)c(F)cc2F)c2ccc3ccc4c(N(c5ccc(C#N)cc5)c5cc(-c6cccc(F)c6)c(F)cc5F)ccc5ccc2c3c54)cc1. The Labute approximate surface area is 362 Å². The Balaban J connectivity index is 1.23. The molecule has 0 aliphatic rings. The highest BCUT2D eigenvalue weighted by Gasteiger charge is 2.26. The van der Waals surface area contributed by atoms with E-state index in [-0.39, 0.29) is 33.6 Å². The van der Waals surface area contributed by atoms with E-state index in [1.807, 2.05) is 48.5 Å². The number of anilines is 6. The third kappa shape index (κ3) is 6.75. The summed E-state index contributed by atoms with van der Waals surface area (Å²) in [6.07, 6.45) is 0. The number of nitriles is 1. The lowest BCUT2D eigenvalue weighted by atomic mass is 9.91. The minimum Gasteiger partial charge on any atom is -0.307 e. The lowest BCUT2D eigenvalue weighted by molar-refractivity contribution is 0.585. The van der Waals surface area contributed by atoms with Gasteiger partial charge in [-0.15, -0.1) is 0 Å². The second kappa shape index (κ2) is 15.7. The van der Waals surface area contributed by atoms with Crippen molar-refractivity contribution in [3.63, 3.8) is 0 Å². The van der Waals surface area contributed by atoms with Crippen LogP contribution in [0.1, 0.15) is 5.56 Å². The molecule has 0 heterocycles. The molecule has 0 aliphatic heterocycles. The van der Waals surface area contributed by atoms with Gasteiger partial charge in [0, 0.05) is 45.4 Å². The van der Waals surface area contributed by atoms with Crippen molar-refractivity contribution in [2.24, 2.45) is 0 Å². The Kier molecular flexibility index (Phi) is 9.70. The van der Waals surface area contributed by atoms with Crippen molar-refractivity contribution in [2.45, 2.75) is 0 Å². The fourth-order valence-electron chi connectivity index (χ4n) is 8.51. The molecule has 0 atom stereocenters. The number of hydrogen-bond donors (Lipinski definition) is 0. The van der Waals surface area contributed by atoms with Crippen LogP contribution in [-0.2, 0) is 0 Å². The van der Waals surface area contributed by atoms with Crippen molar-refractivity contribution >= 4 is 72.1 Å². The van der Waals surface area contributed by atoms with E-state index in [2.05, 4.69) is 10.9 Å². The molecule has 0 N–H and O–H groups in total. The van der Waals surface area contributed by atoms with Gasteiger partial charge in [0.15, 0.2) is 5.69 Å². The van der Waals surface area contributed by atoms with Crippen LogP contribution in [0.4, 0.5) is 66.2 Å². The smallest absolute Gasteiger partial charge is 0.187 e. The maximum absolute atomic E-state index is 16.4. The topological polar surface area (TPSA) is 34.6 Å². The van der Waals surface area contributed by atoms with Crippen LogP contribution < -0.4 is 9.80 Å². The highest BCUT2D eigenvalue weighted by Crippen LogP contribution is 2.49. The molecule has 0 unspecified atom stereocenters. The van der Waals surface area contributed by atoms with Gasteiger partial charge in [-0.25, -0.2) is 31.2 Å². The number of benzene rings is 10. The van der Waals surface area contributed by atoms with Crippen molar-refractivity contribution in [1.82, 2.24) is 0 Å². The number of rotatable bonds is 8. The zero-order valence-electron chi connectivity index (χ0n) is 33.2. The molecule has 0 aliphatic carbocycles. The molecule has 0 spiro atoms. The summed E-state index contributed by atoms with van der Waals surface area (Å²) in [7, 11) is 0. The second-order valence-corrected chi connectivity index (χ2v) is 15.1. The molecule has 10 heteroatoms. The van der Waals surface area contributed by atoms with E-state index >= 15 is 17.6 Å². The predicted octanol–water partition coefficient (Wildman–Crippen LogP) is 16.1. The summed E-state index contributed by atoms with van der Waals surface area (Å²) in [5.41, 5.74) is 2.85. The largest absolute Gasteiger partial charge is 0.307 e. The minimum absolute atomic E-state index is 0.0301. The molecule has 64 heavy (non-hydrogen) atoms. The quantitative estimate of drug-likeness (QED) is 0.0868. The molecule has 10 rings (SSSR count). The first-order valence-electron chi connectivity index (χ1n) is 19.9. The van der Waals surface area contributed by atoms with E-state index in [1.165, 1.54) is 60.7 Å². The van der Waals surface area contributed by atoms with Gasteiger partial charge in [0.05, 0.1) is 41.0 Å². The summed E-state index contributed by atoms with van der Waals surface area (Å²) in [5.74, 6) is -4.74. The van der Waals surface area contributed by atoms with Gasteiger partial charge in [-0.3, -0.25) is 0 Å². The van der Waals surface area contributed by atoms with Crippen LogP contribution in [0.5, 0.6) is 0 Å². The number of hydrogen-bond acceptors (Lipinski definition) is 3. The first kappa shape index (κ1) is 39.5. The summed E-state index contributed by atoms with van der Waals surface area (Å²) >= 11 is 0. The molecular formula is C54H28F6N4. The van der Waals surface area contributed by atoms with E-state index in [9.17, 15) is 14.0 Å². The molecule has 4 nitrogen and oxygen atoms in total. The van der Waals surface area contributed by atoms with Crippen molar-refractivity contribution in [3.8, 4) is 28.3 Å². The van der Waals surface area contributed by atoms with E-state index in [0.29, 0.717) is 44.8 Å². The molecule has 0 fully saturated rings. The second-order valence-electron chi connectivity index (χ2n) is 15.1. The maximum Gasteiger partial charge on any atom is 0.187 e. The zero-order chi connectivity index (χ0) is 44.2. The molecule has 0 amide bonds. The van der Waals surface area contributed by atoms with Gasteiger partial charge >= 0.3 is 0 Å². The number of halogens is 6. The first-order valence-corrected chi connectivity index (χ1v) is 19.9. The molecule has 0 radical (unpaired) electrons. The summed E-state index contributed by atoms with van der Waals surface area (Å²) in [6.45, 7) is 7.54. The number of nitrogens with zero attached hydrogens (tertiary/aromatic N) is 4. The third-order valence-corrected chi connectivity index (χ3v) is 11.4. The van der Waals surface area contributed by atoms with Gasteiger partial charge in [-0.1, -0.05) is 72.8 Å². The molecular weight excluding hydrogens is 819 g/mol. The predicted molar refractivity (Wildman–Crippen MR) is 241 cm³/mol. The normalized spacial score (nSPS) is 11.2. The first-order chi connectivity index (χ1) is 31.1. The summed E-state index contributed by atoms with van der Waals surface area (Å²) in [6, 6.07) is 45.1. The van der Waals surface area contributed by atoms with E-state index in [4.69, 9.17) is 6.57 Å². The monoisotopic (exact) mass is 846 g/mol. The van der Waals surface area contributed by atoms with Crippen molar-refractivity contribution < 1.29 is 26.3 Å². The van der Waals surface area contributed by atoms with Crippen LogP contribution in [0.25, 0.3) is 59.4 Å². The van der Waals surface area contributed by atoms with E-state index in [0.717, 1.165) is 33.7 Å². The van der Waals surface area contributed by atoms with Crippen LogP contribution in [0, 0.1) is 52.8 Å². The van der Waals surface area contributed by atoms with E-state index < -0.39 is 34.9 Å². The molecule has 10 aromatic rings. The van der Waals surface area contributed by atoms with Crippen LogP contribution in [0.3, 0.4) is 0 Å². The molecule has 0 bridgehead atoms. The Bertz CT molecular complexity index is 3320. The lowest BCUT2D eigenvalue weighted by Crippen LogP contribution is -2.14. The third-order valence-electron chi connectivity index (χ3n) is 11.4. The van der Waals surface area contributed by atoms with Gasteiger partial charge < -0.3 is 9.80 Å². The highest BCUT2D eigenvalue weighted by molar-refractivity contribution is 6.28. The Morgan fingerprint density at radius 3 is 1.30 bits per heavy atom. The van der Waals surface area contributed by atoms with Gasteiger partial charge in [0.25, 0.3) is 0 Å². The standard InChI is InChI=1S/C54H28F6N4/c1-62-38-14-18-40(19-15-38)64(52-27-44(46(58)29-48(52)60)35-5-3-7-37(56)25-35)50-23-13-33-10-20-41-49(22-12-32-11-21-42(50)54(33)53(32)41)63(39-16-8-31(30-61)9-17-39)51-26-43(45(57)28-47(51)59)34-4-2-6-36(55)24-34/h2-29H. The lowest BCUT2D eigenvalue weighted by Gasteiger charge is -2.30. The average Bonchev–Trinajstić information content (AvgIpc) is 3.30. The molecule has 0 saturated carbocycles.